The Balaban J connectivity index is 2.13. The fraction of sp³-hybridized carbons (Fsp3) is 0.214. The van der Waals surface area contributed by atoms with E-state index >= 15 is 0 Å². The van der Waals surface area contributed by atoms with Gasteiger partial charge in [0.1, 0.15) is 5.69 Å². The van der Waals surface area contributed by atoms with E-state index < -0.39 is 5.91 Å². The molecule has 7 heteroatoms. The minimum Gasteiger partial charge on any atom is -0.366 e. The lowest BCUT2D eigenvalue weighted by molar-refractivity contribution is 0.0998. The van der Waals surface area contributed by atoms with E-state index in [1.807, 2.05) is 0 Å². The number of rotatable bonds is 5. The quantitative estimate of drug-likeness (QED) is 0.742. The van der Waals surface area contributed by atoms with E-state index in [0.29, 0.717) is 30.0 Å². The molecular formula is C14H17N5O2. The van der Waals surface area contributed by atoms with Crippen molar-refractivity contribution in [3.63, 3.8) is 0 Å². The van der Waals surface area contributed by atoms with Crippen molar-refractivity contribution in [2.24, 2.45) is 11.5 Å². The molecule has 0 aliphatic carbocycles. The van der Waals surface area contributed by atoms with Gasteiger partial charge in [0.05, 0.1) is 6.33 Å². The largest absolute Gasteiger partial charge is 0.366 e. The zero-order valence-corrected chi connectivity index (χ0v) is 11.7. The maximum atomic E-state index is 12.1. The fourth-order valence-electron chi connectivity index (χ4n) is 1.89. The van der Waals surface area contributed by atoms with Crippen molar-refractivity contribution < 1.29 is 9.59 Å². The van der Waals surface area contributed by atoms with Gasteiger partial charge in [-0.1, -0.05) is 0 Å². The third kappa shape index (κ3) is 3.46. The average molecular weight is 287 g/mol. The summed E-state index contributed by atoms with van der Waals surface area (Å²) in [5.41, 5.74) is 12.7. The number of carbonyl (C=O) groups excluding carboxylic acids is 2. The molecule has 2 amide bonds. The molecule has 1 heterocycles. The summed E-state index contributed by atoms with van der Waals surface area (Å²) in [6, 6.07) is 4.84. The Hall–Kier alpha value is -2.67. The SMILES string of the molecule is Cc1cc(C(N)=O)ccc1NC(=O)c1cn(CCN)cn1. The smallest absolute Gasteiger partial charge is 0.275 e. The molecule has 0 aliphatic rings. The van der Waals surface area contributed by atoms with Crippen LogP contribution in [0.2, 0.25) is 0 Å². The summed E-state index contributed by atoms with van der Waals surface area (Å²) in [5.74, 6) is -0.822. The molecule has 0 aliphatic heterocycles. The zero-order chi connectivity index (χ0) is 15.4. The first-order valence-electron chi connectivity index (χ1n) is 6.45. The second-order valence-corrected chi connectivity index (χ2v) is 4.63. The van der Waals surface area contributed by atoms with Crippen molar-refractivity contribution in [3.05, 3.63) is 47.5 Å². The average Bonchev–Trinajstić information content (AvgIpc) is 2.90. The summed E-state index contributed by atoms with van der Waals surface area (Å²) in [5, 5.41) is 2.75. The molecule has 0 unspecified atom stereocenters. The second-order valence-electron chi connectivity index (χ2n) is 4.63. The lowest BCUT2D eigenvalue weighted by atomic mass is 10.1. The van der Waals surface area contributed by atoms with E-state index in [0.717, 1.165) is 5.56 Å². The summed E-state index contributed by atoms with van der Waals surface area (Å²) >= 11 is 0. The molecule has 110 valence electrons. The number of anilines is 1. The molecule has 2 rings (SSSR count). The van der Waals surface area contributed by atoms with Gasteiger partial charge in [-0.15, -0.1) is 0 Å². The number of carbonyl (C=O) groups is 2. The molecular weight excluding hydrogens is 270 g/mol. The molecule has 0 saturated carbocycles. The summed E-state index contributed by atoms with van der Waals surface area (Å²) in [7, 11) is 0. The molecule has 0 bridgehead atoms. The van der Waals surface area contributed by atoms with Gasteiger partial charge < -0.3 is 21.4 Å². The molecule has 2 aromatic rings. The third-order valence-electron chi connectivity index (χ3n) is 3.01. The molecule has 0 radical (unpaired) electrons. The molecule has 21 heavy (non-hydrogen) atoms. The minimum absolute atomic E-state index is 0.307. The van der Waals surface area contributed by atoms with Gasteiger partial charge in [-0.2, -0.15) is 0 Å². The lowest BCUT2D eigenvalue weighted by Gasteiger charge is -2.08. The second kappa shape index (κ2) is 6.19. The normalized spacial score (nSPS) is 10.4. The molecule has 0 atom stereocenters. The Labute approximate surface area is 122 Å². The fourth-order valence-corrected chi connectivity index (χ4v) is 1.89. The predicted molar refractivity (Wildman–Crippen MR) is 78.9 cm³/mol. The van der Waals surface area contributed by atoms with Gasteiger partial charge in [-0.25, -0.2) is 4.98 Å². The van der Waals surface area contributed by atoms with Gasteiger partial charge >= 0.3 is 0 Å². The van der Waals surface area contributed by atoms with Crippen LogP contribution in [-0.4, -0.2) is 27.9 Å². The molecule has 0 saturated heterocycles. The van der Waals surface area contributed by atoms with E-state index in [4.69, 9.17) is 11.5 Å². The number of hydrogen-bond donors (Lipinski definition) is 3. The molecule has 1 aromatic heterocycles. The lowest BCUT2D eigenvalue weighted by Crippen LogP contribution is -2.15. The number of imidazole rings is 1. The number of nitrogens with one attached hydrogen (secondary N) is 1. The Kier molecular flexibility index (Phi) is 4.34. The van der Waals surface area contributed by atoms with E-state index in [1.165, 1.54) is 0 Å². The molecule has 0 spiro atoms. The molecule has 1 aromatic carbocycles. The molecule has 0 fully saturated rings. The highest BCUT2D eigenvalue weighted by molar-refractivity contribution is 6.03. The number of benzene rings is 1. The van der Waals surface area contributed by atoms with Crippen molar-refractivity contribution in [3.8, 4) is 0 Å². The first-order valence-corrected chi connectivity index (χ1v) is 6.45. The van der Waals surface area contributed by atoms with E-state index in [9.17, 15) is 9.59 Å². The van der Waals surface area contributed by atoms with Crippen LogP contribution >= 0.6 is 0 Å². The van der Waals surface area contributed by atoms with Gasteiger partial charge in [0, 0.05) is 30.5 Å². The standard InChI is InChI=1S/C14H17N5O2/c1-9-6-10(13(16)20)2-3-11(9)18-14(21)12-7-19(5-4-15)8-17-12/h2-3,6-8H,4-5,15H2,1H3,(H2,16,20)(H,18,21). The number of amides is 2. The van der Waals surface area contributed by atoms with Crippen LogP contribution in [0.25, 0.3) is 0 Å². The van der Waals surface area contributed by atoms with Crippen LogP contribution in [0.3, 0.4) is 0 Å². The van der Waals surface area contributed by atoms with Crippen LogP contribution in [0.5, 0.6) is 0 Å². The van der Waals surface area contributed by atoms with Crippen molar-refractivity contribution in [2.45, 2.75) is 13.5 Å². The van der Waals surface area contributed by atoms with Crippen molar-refractivity contribution in [1.29, 1.82) is 0 Å². The van der Waals surface area contributed by atoms with Gasteiger partial charge in [0.15, 0.2) is 0 Å². The number of nitrogens with two attached hydrogens (primary N) is 2. The highest BCUT2D eigenvalue weighted by atomic mass is 16.2. The van der Waals surface area contributed by atoms with Gasteiger partial charge in [-0.05, 0) is 30.7 Å². The first kappa shape index (κ1) is 14.7. The van der Waals surface area contributed by atoms with Crippen molar-refractivity contribution in [2.75, 3.05) is 11.9 Å². The number of primary amides is 1. The first-order chi connectivity index (χ1) is 10.0. The minimum atomic E-state index is -0.503. The summed E-state index contributed by atoms with van der Waals surface area (Å²) in [6.45, 7) is 2.87. The van der Waals surface area contributed by atoms with Crippen LogP contribution in [-0.2, 0) is 6.54 Å². The van der Waals surface area contributed by atoms with Crippen molar-refractivity contribution in [1.82, 2.24) is 9.55 Å². The number of aryl methyl sites for hydroxylation is 1. The maximum absolute atomic E-state index is 12.1. The van der Waals surface area contributed by atoms with Gasteiger partial charge in [0.25, 0.3) is 5.91 Å². The molecule has 5 N–H and O–H groups in total. The van der Waals surface area contributed by atoms with Crippen LogP contribution in [0, 0.1) is 6.92 Å². The highest BCUT2D eigenvalue weighted by Crippen LogP contribution is 2.17. The van der Waals surface area contributed by atoms with Gasteiger partial charge in [0.2, 0.25) is 5.91 Å². The Bertz CT molecular complexity index is 678. The number of aromatic nitrogens is 2. The summed E-state index contributed by atoms with van der Waals surface area (Å²) in [4.78, 5) is 27.2. The molecule has 7 nitrogen and oxygen atoms in total. The van der Waals surface area contributed by atoms with Crippen LogP contribution in [0.15, 0.2) is 30.7 Å². The Morgan fingerprint density at radius 3 is 2.76 bits per heavy atom. The van der Waals surface area contributed by atoms with Gasteiger partial charge in [-0.3, -0.25) is 9.59 Å². The van der Waals surface area contributed by atoms with Crippen LogP contribution < -0.4 is 16.8 Å². The van der Waals surface area contributed by atoms with E-state index in [2.05, 4.69) is 10.3 Å². The predicted octanol–water partition coefficient (Wildman–Crippen LogP) is 0.501. The van der Waals surface area contributed by atoms with Crippen LogP contribution in [0.4, 0.5) is 5.69 Å². The number of hydrogen-bond acceptors (Lipinski definition) is 4. The topological polar surface area (TPSA) is 116 Å². The van der Waals surface area contributed by atoms with Crippen LogP contribution in [0.1, 0.15) is 26.4 Å². The van der Waals surface area contributed by atoms with Crippen molar-refractivity contribution >= 4 is 17.5 Å². The maximum Gasteiger partial charge on any atom is 0.275 e. The third-order valence-corrected chi connectivity index (χ3v) is 3.01. The Morgan fingerprint density at radius 2 is 2.14 bits per heavy atom. The van der Waals surface area contributed by atoms with E-state index in [-0.39, 0.29) is 5.91 Å². The van der Waals surface area contributed by atoms with E-state index in [1.54, 1.807) is 42.2 Å². The monoisotopic (exact) mass is 287 g/mol. The zero-order valence-electron chi connectivity index (χ0n) is 11.7. The number of nitrogens with zero attached hydrogens (tertiary/aromatic N) is 2. The Morgan fingerprint density at radius 1 is 1.38 bits per heavy atom. The summed E-state index contributed by atoms with van der Waals surface area (Å²) in [6.07, 6.45) is 3.19. The highest BCUT2D eigenvalue weighted by Gasteiger charge is 2.11. The summed E-state index contributed by atoms with van der Waals surface area (Å²) < 4.78 is 1.75.